The number of carbonyl (C=O) groups is 1. The third-order valence-corrected chi connectivity index (χ3v) is 3.25. The maximum atomic E-state index is 11.3. The van der Waals surface area contributed by atoms with E-state index in [0.29, 0.717) is 11.1 Å². The molecule has 0 atom stereocenters. The van der Waals surface area contributed by atoms with Crippen LogP contribution in [0.1, 0.15) is 23.2 Å². The van der Waals surface area contributed by atoms with Gasteiger partial charge < -0.3 is 14.4 Å². The normalized spacial score (nSPS) is 15.6. The van der Waals surface area contributed by atoms with Gasteiger partial charge in [0, 0.05) is 18.5 Å². The van der Waals surface area contributed by atoms with Crippen LogP contribution in [0.25, 0.3) is 11.0 Å². The molecule has 3 rings (SSSR count). The van der Waals surface area contributed by atoms with E-state index in [-0.39, 0.29) is 0 Å². The lowest BCUT2D eigenvalue weighted by Crippen LogP contribution is -2.20. The van der Waals surface area contributed by atoms with Gasteiger partial charge in [0.25, 0.3) is 0 Å². The molecule has 0 amide bonds. The van der Waals surface area contributed by atoms with Crippen molar-refractivity contribution in [1.29, 1.82) is 0 Å². The summed E-state index contributed by atoms with van der Waals surface area (Å²) in [6, 6.07) is 5.32. The minimum atomic E-state index is -0.898. The van der Waals surface area contributed by atoms with E-state index in [2.05, 4.69) is 4.90 Å². The molecule has 1 saturated heterocycles. The molecular weight excluding hydrogens is 218 g/mol. The molecule has 0 radical (unpaired) electrons. The minimum Gasteiger partial charge on any atom is -0.478 e. The highest BCUT2D eigenvalue weighted by Gasteiger charge is 2.23. The van der Waals surface area contributed by atoms with Crippen molar-refractivity contribution in [2.45, 2.75) is 12.8 Å². The molecule has 1 aliphatic heterocycles. The van der Waals surface area contributed by atoms with Crippen LogP contribution in [-0.4, -0.2) is 24.2 Å². The van der Waals surface area contributed by atoms with Gasteiger partial charge in [0.2, 0.25) is 0 Å². The van der Waals surface area contributed by atoms with Crippen LogP contribution in [0, 0.1) is 0 Å². The lowest BCUT2D eigenvalue weighted by Gasteiger charge is -2.19. The maximum Gasteiger partial charge on any atom is 0.337 e. The summed E-state index contributed by atoms with van der Waals surface area (Å²) in [7, 11) is 0. The topological polar surface area (TPSA) is 53.7 Å². The molecule has 0 spiro atoms. The van der Waals surface area contributed by atoms with Crippen molar-refractivity contribution in [2.75, 3.05) is 18.0 Å². The maximum absolute atomic E-state index is 11.3. The van der Waals surface area contributed by atoms with Crippen LogP contribution in [0.15, 0.2) is 28.9 Å². The van der Waals surface area contributed by atoms with Crippen LogP contribution in [0.4, 0.5) is 5.69 Å². The van der Waals surface area contributed by atoms with Crippen molar-refractivity contribution in [2.24, 2.45) is 0 Å². The number of carboxylic acid groups (broad SMARTS) is 1. The number of aromatic carboxylic acids is 1. The van der Waals surface area contributed by atoms with Gasteiger partial charge in [-0.1, -0.05) is 6.07 Å². The highest BCUT2D eigenvalue weighted by atomic mass is 16.4. The average molecular weight is 231 g/mol. The molecule has 1 fully saturated rings. The minimum absolute atomic E-state index is 0.328. The van der Waals surface area contributed by atoms with Crippen LogP contribution < -0.4 is 4.90 Å². The molecule has 4 heteroatoms. The zero-order chi connectivity index (χ0) is 11.8. The third kappa shape index (κ3) is 1.56. The van der Waals surface area contributed by atoms with Gasteiger partial charge in [-0.3, -0.25) is 0 Å². The summed E-state index contributed by atoms with van der Waals surface area (Å²) in [6.07, 6.45) is 3.82. The molecule has 1 aliphatic rings. The fraction of sp³-hybridized carbons (Fsp3) is 0.308. The van der Waals surface area contributed by atoms with Gasteiger partial charge in [-0.05, 0) is 25.0 Å². The largest absolute Gasteiger partial charge is 0.478 e. The predicted octanol–water partition coefficient (Wildman–Crippen LogP) is 2.73. The fourth-order valence-electron chi connectivity index (χ4n) is 2.44. The Morgan fingerprint density at radius 2 is 2.00 bits per heavy atom. The smallest absolute Gasteiger partial charge is 0.337 e. The molecule has 1 aromatic heterocycles. The van der Waals surface area contributed by atoms with E-state index in [0.717, 1.165) is 37.0 Å². The Morgan fingerprint density at radius 3 is 2.71 bits per heavy atom. The van der Waals surface area contributed by atoms with Crippen LogP contribution in [-0.2, 0) is 0 Å². The van der Waals surface area contributed by atoms with E-state index in [9.17, 15) is 9.90 Å². The van der Waals surface area contributed by atoms with Crippen LogP contribution in [0.5, 0.6) is 0 Å². The summed E-state index contributed by atoms with van der Waals surface area (Å²) in [6.45, 7) is 1.81. The second kappa shape index (κ2) is 3.80. The molecule has 2 heterocycles. The zero-order valence-electron chi connectivity index (χ0n) is 9.35. The Morgan fingerprint density at radius 1 is 1.24 bits per heavy atom. The molecule has 4 nitrogen and oxygen atoms in total. The second-order valence-corrected chi connectivity index (χ2v) is 4.30. The summed E-state index contributed by atoms with van der Waals surface area (Å²) in [4.78, 5) is 13.4. The van der Waals surface area contributed by atoms with Crippen molar-refractivity contribution in [3.8, 4) is 0 Å². The summed E-state index contributed by atoms with van der Waals surface area (Å²) in [5.74, 6) is -0.898. The quantitative estimate of drug-likeness (QED) is 0.863. The number of carboxylic acids is 1. The van der Waals surface area contributed by atoms with E-state index in [1.807, 2.05) is 6.07 Å². The number of fused-ring (bicyclic) bond motifs is 1. The number of nitrogens with zero attached hydrogens (tertiary/aromatic N) is 1. The van der Waals surface area contributed by atoms with Gasteiger partial charge in [-0.25, -0.2) is 4.79 Å². The van der Waals surface area contributed by atoms with Crippen molar-refractivity contribution < 1.29 is 14.3 Å². The first-order valence-corrected chi connectivity index (χ1v) is 5.76. The zero-order valence-corrected chi connectivity index (χ0v) is 9.35. The summed E-state index contributed by atoms with van der Waals surface area (Å²) in [5.41, 5.74) is 1.75. The van der Waals surface area contributed by atoms with Crippen molar-refractivity contribution >= 4 is 22.6 Å². The Labute approximate surface area is 98.4 Å². The van der Waals surface area contributed by atoms with Gasteiger partial charge in [0.15, 0.2) is 5.58 Å². The second-order valence-electron chi connectivity index (χ2n) is 4.30. The first-order valence-electron chi connectivity index (χ1n) is 5.76. The molecule has 2 aromatic rings. The number of benzene rings is 1. The number of furan rings is 1. The van der Waals surface area contributed by atoms with Crippen LogP contribution in [0.2, 0.25) is 0 Å². The van der Waals surface area contributed by atoms with Gasteiger partial charge in [0.1, 0.15) is 0 Å². The van der Waals surface area contributed by atoms with Gasteiger partial charge >= 0.3 is 5.97 Å². The Balaban J connectivity index is 2.25. The third-order valence-electron chi connectivity index (χ3n) is 3.25. The number of rotatable bonds is 2. The Kier molecular flexibility index (Phi) is 2.28. The molecule has 0 unspecified atom stereocenters. The summed E-state index contributed by atoms with van der Waals surface area (Å²) >= 11 is 0. The molecule has 0 saturated carbocycles. The van der Waals surface area contributed by atoms with E-state index < -0.39 is 5.97 Å². The lowest BCUT2D eigenvalue weighted by molar-refractivity contribution is 0.0697. The first-order chi connectivity index (χ1) is 8.27. The van der Waals surface area contributed by atoms with Gasteiger partial charge in [-0.2, -0.15) is 0 Å². The SMILES string of the molecule is O=C(O)c1ccc2ccoc2c1N1CCCC1. The number of hydrogen-bond acceptors (Lipinski definition) is 3. The van der Waals surface area contributed by atoms with Crippen molar-refractivity contribution in [1.82, 2.24) is 0 Å². The highest BCUT2D eigenvalue weighted by molar-refractivity contribution is 6.04. The molecule has 0 bridgehead atoms. The molecule has 88 valence electrons. The predicted molar refractivity (Wildman–Crippen MR) is 64.6 cm³/mol. The van der Waals surface area contributed by atoms with Gasteiger partial charge in [-0.15, -0.1) is 0 Å². The monoisotopic (exact) mass is 231 g/mol. The molecule has 1 aromatic carbocycles. The van der Waals surface area contributed by atoms with E-state index in [1.165, 1.54) is 0 Å². The summed E-state index contributed by atoms with van der Waals surface area (Å²) < 4.78 is 5.45. The standard InChI is InChI=1S/C13H13NO3/c15-13(16)10-4-3-9-5-8-17-12(9)11(10)14-6-1-2-7-14/h3-5,8H,1-2,6-7H2,(H,15,16). The fourth-order valence-corrected chi connectivity index (χ4v) is 2.44. The van der Waals surface area contributed by atoms with E-state index in [4.69, 9.17) is 4.42 Å². The van der Waals surface area contributed by atoms with Crippen molar-refractivity contribution in [3.05, 3.63) is 30.0 Å². The van der Waals surface area contributed by atoms with E-state index >= 15 is 0 Å². The highest BCUT2D eigenvalue weighted by Crippen LogP contribution is 2.33. The van der Waals surface area contributed by atoms with E-state index in [1.54, 1.807) is 18.4 Å². The van der Waals surface area contributed by atoms with Gasteiger partial charge in [0.05, 0.1) is 17.5 Å². The lowest BCUT2D eigenvalue weighted by atomic mass is 10.1. The Hall–Kier alpha value is -1.97. The molecular formula is C13H13NO3. The first kappa shape index (κ1) is 10.2. The number of anilines is 1. The molecule has 17 heavy (non-hydrogen) atoms. The Bertz CT molecular complexity index is 567. The average Bonchev–Trinajstić information content (AvgIpc) is 2.98. The summed E-state index contributed by atoms with van der Waals surface area (Å²) in [5, 5.41) is 10.2. The number of hydrogen-bond donors (Lipinski definition) is 1. The van der Waals surface area contributed by atoms with Crippen LogP contribution >= 0.6 is 0 Å². The van der Waals surface area contributed by atoms with Crippen molar-refractivity contribution in [3.63, 3.8) is 0 Å². The van der Waals surface area contributed by atoms with Crippen LogP contribution in [0.3, 0.4) is 0 Å². The molecule has 0 aliphatic carbocycles. The molecule has 1 N–H and O–H groups in total.